The third kappa shape index (κ3) is 2.71. The Morgan fingerprint density at radius 3 is 2.76 bits per heavy atom. The highest BCUT2D eigenvalue weighted by Gasteiger charge is 2.34. The molecule has 96 valence electrons. The van der Waals surface area contributed by atoms with Crippen LogP contribution in [-0.4, -0.2) is 15.3 Å². The Balaban J connectivity index is 1.89. The first-order valence-corrected chi connectivity index (χ1v) is 6.98. The van der Waals surface area contributed by atoms with Crippen molar-refractivity contribution in [3.63, 3.8) is 0 Å². The zero-order chi connectivity index (χ0) is 12.3. The number of hydrogen-bond donors (Lipinski definition) is 1. The second-order valence-electron chi connectivity index (χ2n) is 5.39. The SMILES string of the molecule is CCC(C)n1ccc(CNC2(CC)CCC2)n1. The standard InChI is InChI=1S/C14H25N3/c1-4-12(3)17-10-7-13(16-17)11-15-14(5-2)8-6-9-14/h7,10,12,15H,4-6,8-9,11H2,1-3H3. The second-order valence-corrected chi connectivity index (χ2v) is 5.39. The smallest absolute Gasteiger partial charge is 0.0762 e. The minimum Gasteiger partial charge on any atom is -0.306 e. The van der Waals surface area contributed by atoms with Gasteiger partial charge in [-0.05, 0) is 45.1 Å². The summed E-state index contributed by atoms with van der Waals surface area (Å²) >= 11 is 0. The second kappa shape index (κ2) is 5.21. The maximum atomic E-state index is 4.63. The van der Waals surface area contributed by atoms with Gasteiger partial charge >= 0.3 is 0 Å². The lowest BCUT2D eigenvalue weighted by Crippen LogP contribution is -2.49. The van der Waals surface area contributed by atoms with Crippen molar-refractivity contribution in [3.8, 4) is 0 Å². The van der Waals surface area contributed by atoms with Crippen LogP contribution >= 0.6 is 0 Å². The Bertz CT molecular complexity index is 347. The van der Waals surface area contributed by atoms with Crippen molar-refractivity contribution >= 4 is 0 Å². The van der Waals surface area contributed by atoms with Crippen LogP contribution in [0.1, 0.15) is 64.6 Å². The molecular weight excluding hydrogens is 210 g/mol. The Labute approximate surface area is 105 Å². The number of rotatable bonds is 6. The van der Waals surface area contributed by atoms with Gasteiger partial charge in [-0.15, -0.1) is 0 Å². The summed E-state index contributed by atoms with van der Waals surface area (Å²) in [6, 6.07) is 2.65. The van der Waals surface area contributed by atoms with Gasteiger partial charge in [0.25, 0.3) is 0 Å². The Morgan fingerprint density at radius 2 is 2.24 bits per heavy atom. The monoisotopic (exact) mass is 235 g/mol. The van der Waals surface area contributed by atoms with Crippen molar-refractivity contribution in [3.05, 3.63) is 18.0 Å². The predicted octanol–water partition coefficient (Wildman–Crippen LogP) is 3.28. The fourth-order valence-corrected chi connectivity index (χ4v) is 2.44. The van der Waals surface area contributed by atoms with Gasteiger partial charge in [-0.2, -0.15) is 5.10 Å². The highest BCUT2D eigenvalue weighted by molar-refractivity contribution is 5.02. The van der Waals surface area contributed by atoms with Gasteiger partial charge in [0.15, 0.2) is 0 Å². The molecule has 1 fully saturated rings. The Morgan fingerprint density at radius 1 is 1.47 bits per heavy atom. The molecule has 0 spiro atoms. The predicted molar refractivity (Wildman–Crippen MR) is 70.9 cm³/mol. The molecule has 0 saturated heterocycles. The molecule has 1 aromatic heterocycles. The van der Waals surface area contributed by atoms with Crippen molar-refractivity contribution in [1.82, 2.24) is 15.1 Å². The van der Waals surface area contributed by atoms with Crippen molar-refractivity contribution in [1.29, 1.82) is 0 Å². The van der Waals surface area contributed by atoms with E-state index in [2.05, 4.69) is 48.1 Å². The van der Waals surface area contributed by atoms with Crippen molar-refractivity contribution in [2.75, 3.05) is 0 Å². The van der Waals surface area contributed by atoms with Gasteiger partial charge in [-0.1, -0.05) is 13.8 Å². The fraction of sp³-hybridized carbons (Fsp3) is 0.786. The Hall–Kier alpha value is -0.830. The lowest BCUT2D eigenvalue weighted by Gasteiger charge is -2.42. The molecule has 0 aliphatic heterocycles. The van der Waals surface area contributed by atoms with E-state index in [1.807, 2.05) is 0 Å². The van der Waals surface area contributed by atoms with Gasteiger partial charge in [0.05, 0.1) is 5.69 Å². The highest BCUT2D eigenvalue weighted by atomic mass is 15.3. The van der Waals surface area contributed by atoms with Crippen LogP contribution in [0.2, 0.25) is 0 Å². The summed E-state index contributed by atoms with van der Waals surface area (Å²) in [5.41, 5.74) is 1.59. The average molecular weight is 235 g/mol. The molecule has 3 heteroatoms. The summed E-state index contributed by atoms with van der Waals surface area (Å²) in [6.45, 7) is 7.61. The maximum Gasteiger partial charge on any atom is 0.0762 e. The highest BCUT2D eigenvalue weighted by Crippen LogP contribution is 2.34. The van der Waals surface area contributed by atoms with Gasteiger partial charge in [-0.3, -0.25) is 4.68 Å². The quantitative estimate of drug-likeness (QED) is 0.820. The summed E-state index contributed by atoms with van der Waals surface area (Å²) in [5, 5.41) is 8.32. The molecule has 3 nitrogen and oxygen atoms in total. The molecule has 1 N–H and O–H groups in total. The van der Waals surface area contributed by atoms with Gasteiger partial charge in [0.2, 0.25) is 0 Å². The summed E-state index contributed by atoms with van der Waals surface area (Å²) in [5.74, 6) is 0. The van der Waals surface area contributed by atoms with Crippen LogP contribution < -0.4 is 5.32 Å². The number of nitrogens with zero attached hydrogens (tertiary/aromatic N) is 2. The van der Waals surface area contributed by atoms with E-state index in [0.29, 0.717) is 11.6 Å². The lowest BCUT2D eigenvalue weighted by atomic mass is 9.75. The molecule has 1 atom stereocenters. The molecule has 1 saturated carbocycles. The molecule has 1 aliphatic rings. The molecule has 1 aromatic rings. The summed E-state index contributed by atoms with van der Waals surface area (Å²) in [7, 11) is 0. The fourth-order valence-electron chi connectivity index (χ4n) is 2.44. The largest absolute Gasteiger partial charge is 0.306 e. The molecular formula is C14H25N3. The summed E-state index contributed by atoms with van der Waals surface area (Å²) in [6.07, 6.45) is 8.50. The maximum absolute atomic E-state index is 4.63. The zero-order valence-corrected chi connectivity index (χ0v) is 11.4. The van der Waals surface area contributed by atoms with Crippen LogP contribution in [0.3, 0.4) is 0 Å². The average Bonchev–Trinajstić information content (AvgIpc) is 2.76. The molecule has 17 heavy (non-hydrogen) atoms. The van der Waals surface area contributed by atoms with E-state index in [9.17, 15) is 0 Å². The minimum atomic E-state index is 0.417. The third-order valence-electron chi connectivity index (χ3n) is 4.34. The molecule has 2 rings (SSSR count). The molecule has 0 aromatic carbocycles. The van der Waals surface area contributed by atoms with E-state index in [-0.39, 0.29) is 0 Å². The van der Waals surface area contributed by atoms with Crippen LogP contribution in [0.4, 0.5) is 0 Å². The van der Waals surface area contributed by atoms with E-state index in [4.69, 9.17) is 0 Å². The number of nitrogens with one attached hydrogen (secondary N) is 1. The van der Waals surface area contributed by atoms with Crippen molar-refractivity contribution in [2.45, 2.75) is 71.0 Å². The first-order chi connectivity index (χ1) is 8.19. The molecule has 0 bridgehead atoms. The topological polar surface area (TPSA) is 29.9 Å². The third-order valence-corrected chi connectivity index (χ3v) is 4.34. The van der Waals surface area contributed by atoms with Gasteiger partial charge in [0.1, 0.15) is 0 Å². The molecule has 1 unspecified atom stereocenters. The number of hydrogen-bond acceptors (Lipinski definition) is 2. The Kier molecular flexibility index (Phi) is 3.87. The lowest BCUT2D eigenvalue weighted by molar-refractivity contribution is 0.174. The van der Waals surface area contributed by atoms with Crippen LogP contribution in [0.5, 0.6) is 0 Å². The van der Waals surface area contributed by atoms with E-state index in [1.165, 1.54) is 31.4 Å². The molecule has 0 amide bonds. The van der Waals surface area contributed by atoms with Gasteiger partial charge in [-0.25, -0.2) is 0 Å². The molecule has 1 heterocycles. The van der Waals surface area contributed by atoms with Crippen molar-refractivity contribution in [2.24, 2.45) is 0 Å². The summed E-state index contributed by atoms with van der Waals surface area (Å²) < 4.78 is 2.08. The van der Waals surface area contributed by atoms with E-state index in [0.717, 1.165) is 13.0 Å². The molecule has 0 radical (unpaired) electrons. The van der Waals surface area contributed by atoms with E-state index >= 15 is 0 Å². The first kappa shape index (κ1) is 12.6. The van der Waals surface area contributed by atoms with Crippen LogP contribution in [0, 0.1) is 0 Å². The number of aromatic nitrogens is 2. The van der Waals surface area contributed by atoms with Crippen LogP contribution in [0.25, 0.3) is 0 Å². The van der Waals surface area contributed by atoms with Gasteiger partial charge < -0.3 is 5.32 Å². The first-order valence-electron chi connectivity index (χ1n) is 6.98. The van der Waals surface area contributed by atoms with Crippen LogP contribution in [0.15, 0.2) is 12.3 Å². The van der Waals surface area contributed by atoms with E-state index in [1.54, 1.807) is 0 Å². The summed E-state index contributed by atoms with van der Waals surface area (Å²) in [4.78, 5) is 0. The zero-order valence-electron chi connectivity index (χ0n) is 11.4. The van der Waals surface area contributed by atoms with E-state index < -0.39 is 0 Å². The molecule has 1 aliphatic carbocycles. The minimum absolute atomic E-state index is 0.417. The van der Waals surface area contributed by atoms with Crippen molar-refractivity contribution < 1.29 is 0 Å². The normalized spacial score (nSPS) is 19.9. The van der Waals surface area contributed by atoms with Crippen LogP contribution in [-0.2, 0) is 6.54 Å². The van der Waals surface area contributed by atoms with Gasteiger partial charge in [0, 0.05) is 24.3 Å².